The van der Waals surface area contributed by atoms with Crippen molar-refractivity contribution < 1.29 is 4.79 Å². The molecule has 1 heterocycles. The van der Waals surface area contributed by atoms with Gasteiger partial charge in [-0.25, -0.2) is 4.68 Å². The zero-order chi connectivity index (χ0) is 13.2. The molecule has 0 aliphatic heterocycles. The fourth-order valence-electron chi connectivity index (χ4n) is 2.19. The average molecular weight is 251 g/mol. The van der Waals surface area contributed by atoms with Crippen LogP contribution in [-0.4, -0.2) is 44.6 Å². The second-order valence-corrected chi connectivity index (χ2v) is 5.84. The van der Waals surface area contributed by atoms with Crippen molar-refractivity contribution in [1.82, 2.24) is 25.1 Å². The molecule has 0 spiro atoms. The number of nitrogens with zero attached hydrogens (tertiary/aromatic N) is 5. The van der Waals surface area contributed by atoms with Crippen molar-refractivity contribution in [1.29, 1.82) is 0 Å². The van der Waals surface area contributed by atoms with Crippen molar-refractivity contribution >= 4 is 5.91 Å². The number of hydrogen-bond donors (Lipinski definition) is 0. The molecule has 0 radical (unpaired) electrons. The smallest absolute Gasteiger partial charge is 0.222 e. The van der Waals surface area contributed by atoms with E-state index < -0.39 is 0 Å². The summed E-state index contributed by atoms with van der Waals surface area (Å²) in [5.41, 5.74) is 0.431. The van der Waals surface area contributed by atoms with Gasteiger partial charge in [-0.3, -0.25) is 4.79 Å². The summed E-state index contributed by atoms with van der Waals surface area (Å²) in [6, 6.07) is 0. The first-order valence-corrected chi connectivity index (χ1v) is 6.44. The lowest BCUT2D eigenvalue weighted by molar-refractivity contribution is -0.130. The van der Waals surface area contributed by atoms with E-state index in [0.717, 1.165) is 13.0 Å². The topological polar surface area (TPSA) is 63.9 Å². The lowest BCUT2D eigenvalue weighted by Crippen LogP contribution is -2.29. The van der Waals surface area contributed by atoms with Crippen LogP contribution < -0.4 is 0 Å². The van der Waals surface area contributed by atoms with Crippen LogP contribution in [0.4, 0.5) is 0 Å². The third-order valence-corrected chi connectivity index (χ3v) is 3.81. The lowest BCUT2D eigenvalue weighted by Gasteiger charge is -2.18. The van der Waals surface area contributed by atoms with Gasteiger partial charge in [-0.15, -0.1) is 5.10 Å². The molecule has 1 aromatic heterocycles. The van der Waals surface area contributed by atoms with Crippen molar-refractivity contribution in [3.8, 4) is 0 Å². The van der Waals surface area contributed by atoms with Crippen LogP contribution in [0.25, 0.3) is 0 Å². The molecular formula is C12H21N5O. The summed E-state index contributed by atoms with van der Waals surface area (Å²) in [7, 11) is 1.90. The molecule has 100 valence electrons. The van der Waals surface area contributed by atoms with Crippen LogP contribution in [0.5, 0.6) is 0 Å². The van der Waals surface area contributed by atoms with Crippen molar-refractivity contribution in [3.05, 3.63) is 6.33 Å². The summed E-state index contributed by atoms with van der Waals surface area (Å²) in [5, 5.41) is 10.9. The first-order chi connectivity index (χ1) is 8.49. The zero-order valence-electron chi connectivity index (χ0n) is 11.3. The Morgan fingerprint density at radius 3 is 2.83 bits per heavy atom. The Balaban J connectivity index is 1.65. The number of hydrogen-bond acceptors (Lipinski definition) is 4. The van der Waals surface area contributed by atoms with Gasteiger partial charge in [-0.2, -0.15) is 0 Å². The van der Waals surface area contributed by atoms with E-state index in [0.29, 0.717) is 24.3 Å². The second kappa shape index (κ2) is 5.04. The van der Waals surface area contributed by atoms with E-state index in [9.17, 15) is 4.79 Å². The molecule has 2 rings (SSSR count). The maximum absolute atomic E-state index is 11.9. The Kier molecular flexibility index (Phi) is 3.63. The summed E-state index contributed by atoms with van der Waals surface area (Å²) in [6.07, 6.45) is 4.14. The summed E-state index contributed by atoms with van der Waals surface area (Å²) in [6.45, 7) is 6.10. The number of rotatable bonds is 6. The van der Waals surface area contributed by atoms with Crippen molar-refractivity contribution in [2.75, 3.05) is 13.6 Å². The number of amides is 1. The fraction of sp³-hybridized carbons (Fsp3) is 0.833. The molecule has 0 N–H and O–H groups in total. The predicted molar refractivity (Wildman–Crippen MR) is 66.6 cm³/mol. The Bertz CT molecular complexity index is 401. The predicted octanol–water partition coefficient (Wildman–Crippen LogP) is 0.958. The summed E-state index contributed by atoms with van der Waals surface area (Å²) >= 11 is 0. The van der Waals surface area contributed by atoms with Crippen LogP contribution in [0, 0.1) is 11.3 Å². The van der Waals surface area contributed by atoms with Crippen LogP contribution in [0.1, 0.15) is 33.1 Å². The average Bonchev–Trinajstić information content (AvgIpc) is 2.74. The number of aryl methyl sites for hydroxylation is 1. The fourth-order valence-corrected chi connectivity index (χ4v) is 2.19. The van der Waals surface area contributed by atoms with Gasteiger partial charge in [0, 0.05) is 26.6 Å². The molecule has 1 aromatic rings. The minimum atomic E-state index is 0.214. The standard InChI is InChI=1S/C12H21N5O/c1-12(2)7-10(12)8-16(3)11(18)5-4-6-17-9-13-14-15-17/h9-10H,4-8H2,1-3H3/t10-/m0/s1. The van der Waals surface area contributed by atoms with Gasteiger partial charge >= 0.3 is 0 Å². The van der Waals surface area contributed by atoms with Crippen molar-refractivity contribution in [3.63, 3.8) is 0 Å². The first-order valence-electron chi connectivity index (χ1n) is 6.44. The molecule has 1 atom stereocenters. The summed E-state index contributed by atoms with van der Waals surface area (Å²) < 4.78 is 1.65. The van der Waals surface area contributed by atoms with E-state index in [-0.39, 0.29) is 5.91 Å². The maximum atomic E-state index is 11.9. The van der Waals surface area contributed by atoms with Gasteiger partial charge in [0.15, 0.2) is 0 Å². The summed E-state index contributed by atoms with van der Waals surface area (Å²) in [4.78, 5) is 13.8. The van der Waals surface area contributed by atoms with Crippen LogP contribution in [-0.2, 0) is 11.3 Å². The minimum Gasteiger partial charge on any atom is -0.345 e. The molecule has 1 amide bonds. The Morgan fingerprint density at radius 2 is 2.28 bits per heavy atom. The highest BCUT2D eigenvalue weighted by Gasteiger charge is 2.46. The van der Waals surface area contributed by atoms with E-state index in [1.54, 1.807) is 11.0 Å². The molecule has 1 fully saturated rings. The van der Waals surface area contributed by atoms with Gasteiger partial charge < -0.3 is 4.90 Å². The quantitative estimate of drug-likeness (QED) is 0.755. The Hall–Kier alpha value is -1.46. The first kappa shape index (κ1) is 13.0. The molecule has 0 unspecified atom stereocenters. The van der Waals surface area contributed by atoms with Crippen LogP contribution in [0.2, 0.25) is 0 Å². The van der Waals surface area contributed by atoms with E-state index >= 15 is 0 Å². The summed E-state index contributed by atoms with van der Waals surface area (Å²) in [5.74, 6) is 0.886. The third-order valence-electron chi connectivity index (χ3n) is 3.81. The van der Waals surface area contributed by atoms with Crippen LogP contribution in [0.15, 0.2) is 6.33 Å². The highest BCUT2D eigenvalue weighted by Crippen LogP contribution is 2.51. The molecular weight excluding hydrogens is 230 g/mol. The zero-order valence-corrected chi connectivity index (χ0v) is 11.3. The molecule has 0 bridgehead atoms. The van der Waals surface area contributed by atoms with E-state index in [2.05, 4.69) is 29.4 Å². The molecule has 1 aliphatic carbocycles. The minimum absolute atomic E-state index is 0.214. The Labute approximate surface area is 107 Å². The Morgan fingerprint density at radius 1 is 1.56 bits per heavy atom. The van der Waals surface area contributed by atoms with Crippen molar-refractivity contribution in [2.45, 2.75) is 39.7 Å². The molecule has 18 heavy (non-hydrogen) atoms. The number of aromatic nitrogens is 4. The monoisotopic (exact) mass is 251 g/mol. The number of carbonyl (C=O) groups excluding carboxylic acids is 1. The molecule has 0 aromatic carbocycles. The second-order valence-electron chi connectivity index (χ2n) is 5.84. The van der Waals surface area contributed by atoms with Gasteiger partial charge in [0.05, 0.1) is 0 Å². The number of tetrazole rings is 1. The van der Waals surface area contributed by atoms with Gasteiger partial charge in [0.2, 0.25) is 5.91 Å². The van der Waals surface area contributed by atoms with Gasteiger partial charge in [-0.05, 0) is 34.6 Å². The van der Waals surface area contributed by atoms with Crippen molar-refractivity contribution in [2.24, 2.45) is 11.3 Å². The maximum Gasteiger partial charge on any atom is 0.222 e. The third kappa shape index (κ3) is 3.27. The molecule has 0 saturated heterocycles. The van der Waals surface area contributed by atoms with Crippen LogP contribution >= 0.6 is 0 Å². The van der Waals surface area contributed by atoms with Gasteiger partial charge in [-0.1, -0.05) is 13.8 Å². The molecule has 1 saturated carbocycles. The lowest BCUT2D eigenvalue weighted by atomic mass is 10.1. The van der Waals surface area contributed by atoms with E-state index in [1.165, 1.54) is 6.42 Å². The van der Waals surface area contributed by atoms with E-state index in [1.807, 2.05) is 11.9 Å². The largest absolute Gasteiger partial charge is 0.345 e. The van der Waals surface area contributed by atoms with Gasteiger partial charge in [0.25, 0.3) is 0 Å². The molecule has 1 aliphatic rings. The van der Waals surface area contributed by atoms with Crippen LogP contribution in [0.3, 0.4) is 0 Å². The SMILES string of the molecule is CN(C[C@@H]1CC1(C)C)C(=O)CCCn1cnnn1. The molecule has 6 heteroatoms. The van der Waals surface area contributed by atoms with E-state index in [4.69, 9.17) is 0 Å². The number of carbonyl (C=O) groups is 1. The highest BCUT2D eigenvalue weighted by atomic mass is 16.2. The highest BCUT2D eigenvalue weighted by molar-refractivity contribution is 5.75. The van der Waals surface area contributed by atoms with Gasteiger partial charge in [0.1, 0.15) is 6.33 Å². The molecule has 6 nitrogen and oxygen atoms in total. The normalized spacial score (nSPS) is 20.7.